The molecule has 2 heterocycles. The molecule has 1 aliphatic rings. The molecular weight excluding hydrogens is 416 g/mol. The SMILES string of the molecule is O=C(CN1CCCC1)Nc1ccc(Oc2ccc(OCc3cc(F)cc(F)c3)cc2)nc1. The smallest absolute Gasteiger partial charge is 0.238 e. The molecule has 4 rings (SSSR count). The summed E-state index contributed by atoms with van der Waals surface area (Å²) < 4.78 is 37.8. The van der Waals surface area contributed by atoms with E-state index in [2.05, 4.69) is 15.2 Å². The van der Waals surface area contributed by atoms with E-state index in [0.29, 0.717) is 35.2 Å². The number of carbonyl (C=O) groups is 1. The van der Waals surface area contributed by atoms with Gasteiger partial charge in [-0.1, -0.05) is 0 Å². The number of hydrogen-bond donors (Lipinski definition) is 1. The van der Waals surface area contributed by atoms with E-state index in [0.717, 1.165) is 32.0 Å². The molecule has 2 aromatic carbocycles. The second-order valence-electron chi connectivity index (χ2n) is 7.56. The van der Waals surface area contributed by atoms with Crippen molar-refractivity contribution in [3.8, 4) is 17.4 Å². The van der Waals surface area contributed by atoms with Gasteiger partial charge in [-0.15, -0.1) is 0 Å². The van der Waals surface area contributed by atoms with E-state index in [1.807, 2.05) is 0 Å². The number of nitrogens with zero attached hydrogens (tertiary/aromatic N) is 2. The highest BCUT2D eigenvalue weighted by atomic mass is 19.1. The first-order chi connectivity index (χ1) is 15.5. The Morgan fingerprint density at radius 2 is 1.66 bits per heavy atom. The summed E-state index contributed by atoms with van der Waals surface area (Å²) in [4.78, 5) is 18.4. The molecule has 0 aliphatic carbocycles. The van der Waals surface area contributed by atoms with Crippen LogP contribution in [0.3, 0.4) is 0 Å². The second-order valence-corrected chi connectivity index (χ2v) is 7.56. The summed E-state index contributed by atoms with van der Waals surface area (Å²) in [7, 11) is 0. The van der Waals surface area contributed by atoms with Gasteiger partial charge in [0.1, 0.15) is 29.7 Å². The summed E-state index contributed by atoms with van der Waals surface area (Å²) in [6.07, 6.45) is 3.83. The fraction of sp³-hybridized carbons (Fsp3) is 0.250. The van der Waals surface area contributed by atoms with Crippen molar-refractivity contribution in [3.63, 3.8) is 0 Å². The summed E-state index contributed by atoms with van der Waals surface area (Å²) in [5.41, 5.74) is 1.01. The van der Waals surface area contributed by atoms with Crippen LogP contribution in [0.15, 0.2) is 60.8 Å². The number of rotatable bonds is 8. The third-order valence-corrected chi connectivity index (χ3v) is 4.96. The molecule has 0 atom stereocenters. The van der Waals surface area contributed by atoms with E-state index in [1.165, 1.54) is 12.1 Å². The maximum Gasteiger partial charge on any atom is 0.238 e. The summed E-state index contributed by atoms with van der Waals surface area (Å²) >= 11 is 0. The Morgan fingerprint density at radius 1 is 0.969 bits per heavy atom. The van der Waals surface area contributed by atoms with Gasteiger partial charge in [0, 0.05) is 12.1 Å². The van der Waals surface area contributed by atoms with Gasteiger partial charge in [-0.05, 0) is 74.0 Å². The molecule has 1 amide bonds. The largest absolute Gasteiger partial charge is 0.489 e. The highest BCUT2D eigenvalue weighted by Gasteiger charge is 2.15. The number of nitrogens with one attached hydrogen (secondary N) is 1. The number of anilines is 1. The van der Waals surface area contributed by atoms with E-state index in [-0.39, 0.29) is 12.5 Å². The predicted molar refractivity (Wildman–Crippen MR) is 116 cm³/mol. The first-order valence-corrected chi connectivity index (χ1v) is 10.4. The van der Waals surface area contributed by atoms with E-state index in [9.17, 15) is 13.6 Å². The average Bonchev–Trinajstić information content (AvgIpc) is 3.27. The van der Waals surface area contributed by atoms with Crippen molar-refractivity contribution in [2.75, 3.05) is 25.0 Å². The van der Waals surface area contributed by atoms with Gasteiger partial charge < -0.3 is 14.8 Å². The van der Waals surface area contributed by atoms with Crippen LogP contribution in [0.2, 0.25) is 0 Å². The number of pyridine rings is 1. The van der Waals surface area contributed by atoms with E-state index in [1.54, 1.807) is 42.6 Å². The highest BCUT2D eigenvalue weighted by Crippen LogP contribution is 2.24. The fourth-order valence-electron chi connectivity index (χ4n) is 3.44. The quantitative estimate of drug-likeness (QED) is 0.548. The van der Waals surface area contributed by atoms with Gasteiger partial charge >= 0.3 is 0 Å². The van der Waals surface area contributed by atoms with Crippen LogP contribution in [-0.2, 0) is 11.4 Å². The van der Waals surface area contributed by atoms with Crippen LogP contribution in [0.25, 0.3) is 0 Å². The number of amides is 1. The first kappa shape index (κ1) is 21.7. The number of benzene rings is 2. The van der Waals surface area contributed by atoms with Crippen LogP contribution in [0.5, 0.6) is 17.4 Å². The molecule has 1 aromatic heterocycles. The third-order valence-electron chi connectivity index (χ3n) is 4.96. The summed E-state index contributed by atoms with van der Waals surface area (Å²) in [6.45, 7) is 2.36. The zero-order valence-electron chi connectivity index (χ0n) is 17.4. The molecule has 1 fully saturated rings. The Bertz CT molecular complexity index is 1030. The molecule has 32 heavy (non-hydrogen) atoms. The molecule has 8 heteroatoms. The van der Waals surface area contributed by atoms with Gasteiger partial charge in [0.2, 0.25) is 11.8 Å². The van der Waals surface area contributed by atoms with Crippen LogP contribution < -0.4 is 14.8 Å². The van der Waals surface area contributed by atoms with Crippen LogP contribution in [0.1, 0.15) is 18.4 Å². The lowest BCUT2D eigenvalue weighted by Gasteiger charge is -2.14. The normalized spacial score (nSPS) is 13.7. The molecule has 0 spiro atoms. The van der Waals surface area contributed by atoms with Crippen molar-refractivity contribution in [2.45, 2.75) is 19.4 Å². The summed E-state index contributed by atoms with van der Waals surface area (Å²) in [5, 5.41) is 2.84. The minimum Gasteiger partial charge on any atom is -0.489 e. The van der Waals surface area contributed by atoms with Gasteiger partial charge in [-0.2, -0.15) is 0 Å². The lowest BCUT2D eigenvalue weighted by Crippen LogP contribution is -2.30. The molecule has 0 saturated carbocycles. The van der Waals surface area contributed by atoms with Crippen molar-refractivity contribution in [1.29, 1.82) is 0 Å². The summed E-state index contributed by atoms with van der Waals surface area (Å²) in [5.74, 6) is 0.123. The Kier molecular flexibility index (Phi) is 6.91. The Labute approximate surface area is 184 Å². The minimum absolute atomic E-state index is 0.0430. The number of carbonyl (C=O) groups excluding carboxylic acids is 1. The van der Waals surface area contributed by atoms with Gasteiger partial charge in [0.15, 0.2) is 0 Å². The van der Waals surface area contributed by atoms with E-state index < -0.39 is 11.6 Å². The molecule has 0 radical (unpaired) electrons. The fourth-order valence-corrected chi connectivity index (χ4v) is 3.44. The Hall–Kier alpha value is -3.52. The van der Waals surface area contributed by atoms with Crippen molar-refractivity contribution in [1.82, 2.24) is 9.88 Å². The number of aromatic nitrogens is 1. The molecule has 0 bridgehead atoms. The predicted octanol–water partition coefficient (Wildman–Crippen LogP) is 4.77. The Balaban J connectivity index is 1.27. The first-order valence-electron chi connectivity index (χ1n) is 10.4. The number of ether oxygens (including phenoxy) is 2. The van der Waals surface area contributed by atoms with E-state index >= 15 is 0 Å². The zero-order valence-corrected chi connectivity index (χ0v) is 17.4. The summed E-state index contributed by atoms with van der Waals surface area (Å²) in [6, 6.07) is 13.5. The molecule has 6 nitrogen and oxygen atoms in total. The van der Waals surface area contributed by atoms with Crippen LogP contribution in [-0.4, -0.2) is 35.4 Å². The van der Waals surface area contributed by atoms with Gasteiger partial charge in [-0.25, -0.2) is 13.8 Å². The number of halogens is 2. The average molecular weight is 439 g/mol. The topological polar surface area (TPSA) is 63.7 Å². The third kappa shape index (κ3) is 6.24. The highest BCUT2D eigenvalue weighted by molar-refractivity contribution is 5.92. The van der Waals surface area contributed by atoms with Crippen molar-refractivity contribution >= 4 is 11.6 Å². The van der Waals surface area contributed by atoms with Gasteiger partial charge in [0.25, 0.3) is 0 Å². The van der Waals surface area contributed by atoms with Crippen LogP contribution >= 0.6 is 0 Å². The molecular formula is C24H23F2N3O3. The standard InChI is InChI=1S/C24H23F2N3O3/c25-18-11-17(12-19(26)13-18)16-31-21-4-6-22(7-5-21)32-24-8-3-20(14-27-24)28-23(30)15-29-9-1-2-10-29/h3-8,11-14H,1-2,9-10,15-16H2,(H,28,30). The lowest BCUT2D eigenvalue weighted by molar-refractivity contribution is -0.117. The van der Waals surface area contributed by atoms with Crippen molar-refractivity contribution in [3.05, 3.63) is 78.0 Å². The van der Waals surface area contributed by atoms with Crippen molar-refractivity contribution in [2.24, 2.45) is 0 Å². The van der Waals surface area contributed by atoms with Crippen LogP contribution in [0.4, 0.5) is 14.5 Å². The van der Waals surface area contributed by atoms with Crippen molar-refractivity contribution < 1.29 is 23.0 Å². The molecule has 3 aromatic rings. The molecule has 166 valence electrons. The second kappa shape index (κ2) is 10.2. The molecule has 0 unspecified atom stereocenters. The molecule has 1 saturated heterocycles. The minimum atomic E-state index is -0.642. The molecule has 1 N–H and O–H groups in total. The lowest BCUT2D eigenvalue weighted by atomic mass is 10.2. The van der Waals surface area contributed by atoms with Gasteiger partial charge in [0.05, 0.1) is 18.4 Å². The monoisotopic (exact) mass is 439 g/mol. The van der Waals surface area contributed by atoms with Gasteiger partial charge in [-0.3, -0.25) is 9.69 Å². The number of likely N-dealkylation sites (tertiary alicyclic amines) is 1. The van der Waals surface area contributed by atoms with Crippen LogP contribution in [0, 0.1) is 11.6 Å². The number of hydrogen-bond acceptors (Lipinski definition) is 5. The zero-order chi connectivity index (χ0) is 22.3. The maximum absolute atomic E-state index is 13.2. The Morgan fingerprint density at radius 3 is 2.31 bits per heavy atom. The maximum atomic E-state index is 13.2. The molecule has 1 aliphatic heterocycles. The van der Waals surface area contributed by atoms with E-state index in [4.69, 9.17) is 9.47 Å².